The molecule has 0 amide bonds. The van der Waals surface area contributed by atoms with E-state index in [0.29, 0.717) is 19.6 Å². The summed E-state index contributed by atoms with van der Waals surface area (Å²) in [6, 6.07) is 5.67. The zero-order chi connectivity index (χ0) is 10.7. The minimum Gasteiger partial charge on any atom is -0.493 e. The van der Waals surface area contributed by atoms with Gasteiger partial charge in [0.15, 0.2) is 5.78 Å². The highest BCUT2D eigenvalue weighted by Gasteiger charge is 2.22. The third kappa shape index (κ3) is 2.54. The summed E-state index contributed by atoms with van der Waals surface area (Å²) in [5, 5.41) is 0. The molecule has 3 nitrogen and oxygen atoms in total. The van der Waals surface area contributed by atoms with E-state index in [0.717, 1.165) is 29.7 Å². The van der Waals surface area contributed by atoms with Gasteiger partial charge < -0.3 is 10.5 Å². The summed E-state index contributed by atoms with van der Waals surface area (Å²) < 4.78 is 5.61. The monoisotopic (exact) mass is 241 g/mol. The lowest BCUT2D eigenvalue weighted by atomic mass is 10.1. The second-order valence-electron chi connectivity index (χ2n) is 3.70. The average Bonchev–Trinajstić information content (AvgIpc) is 2.62. The third-order valence-corrected chi connectivity index (χ3v) is 2.64. The van der Waals surface area contributed by atoms with Gasteiger partial charge >= 0.3 is 0 Å². The highest BCUT2D eigenvalue weighted by Crippen LogP contribution is 2.30. The van der Waals surface area contributed by atoms with E-state index in [-0.39, 0.29) is 18.2 Å². The molecule has 0 spiro atoms. The molecule has 0 atom stereocenters. The third-order valence-electron chi connectivity index (χ3n) is 2.64. The van der Waals surface area contributed by atoms with Gasteiger partial charge in [-0.25, -0.2) is 0 Å². The molecule has 0 saturated carbocycles. The first kappa shape index (κ1) is 13.0. The van der Waals surface area contributed by atoms with Crippen LogP contribution in [-0.4, -0.2) is 18.9 Å². The van der Waals surface area contributed by atoms with Crippen molar-refractivity contribution in [2.24, 2.45) is 5.73 Å². The molecule has 0 bridgehead atoms. The maximum Gasteiger partial charge on any atom is 0.163 e. The van der Waals surface area contributed by atoms with Crippen molar-refractivity contribution in [3.05, 3.63) is 29.3 Å². The van der Waals surface area contributed by atoms with Gasteiger partial charge in [-0.05, 0) is 25.5 Å². The first-order chi connectivity index (χ1) is 7.33. The molecule has 0 heterocycles. The minimum absolute atomic E-state index is 0. The number of rotatable bonds is 4. The van der Waals surface area contributed by atoms with Crippen molar-refractivity contribution in [3.63, 3.8) is 0 Å². The summed E-state index contributed by atoms with van der Waals surface area (Å²) in [5.74, 6) is 1.08. The molecular formula is C12H16ClNO2. The first-order valence-electron chi connectivity index (χ1n) is 5.31. The van der Waals surface area contributed by atoms with Crippen LogP contribution in [0.3, 0.4) is 0 Å². The van der Waals surface area contributed by atoms with Crippen LogP contribution in [0.15, 0.2) is 18.2 Å². The maximum atomic E-state index is 11.5. The molecule has 2 N–H and O–H groups in total. The SMILES string of the molecule is Cl.NCCCOc1cccc2c1CCC2=O. The van der Waals surface area contributed by atoms with Crippen LogP contribution in [0.25, 0.3) is 0 Å². The predicted octanol–water partition coefficient (Wildman–Crippen LogP) is 1.96. The molecule has 4 heteroatoms. The van der Waals surface area contributed by atoms with E-state index >= 15 is 0 Å². The number of Topliss-reactive ketones (excluding diaryl/α,β-unsaturated/α-hetero) is 1. The Bertz CT molecular complexity index is 379. The lowest BCUT2D eigenvalue weighted by molar-refractivity contribution is 0.0994. The van der Waals surface area contributed by atoms with Gasteiger partial charge in [0.1, 0.15) is 5.75 Å². The van der Waals surface area contributed by atoms with Crippen molar-refractivity contribution in [1.29, 1.82) is 0 Å². The van der Waals surface area contributed by atoms with Crippen LogP contribution < -0.4 is 10.5 Å². The molecule has 0 radical (unpaired) electrons. The van der Waals surface area contributed by atoms with E-state index < -0.39 is 0 Å². The van der Waals surface area contributed by atoms with Gasteiger partial charge in [-0.1, -0.05) is 12.1 Å². The summed E-state index contributed by atoms with van der Waals surface area (Å²) in [5.41, 5.74) is 7.30. The summed E-state index contributed by atoms with van der Waals surface area (Å²) in [6.45, 7) is 1.26. The number of fused-ring (bicyclic) bond motifs is 1. The van der Waals surface area contributed by atoms with E-state index in [1.54, 1.807) is 0 Å². The molecule has 0 fully saturated rings. The molecule has 1 aromatic carbocycles. The fraction of sp³-hybridized carbons (Fsp3) is 0.417. The Morgan fingerprint density at radius 3 is 2.88 bits per heavy atom. The first-order valence-corrected chi connectivity index (χ1v) is 5.31. The highest BCUT2D eigenvalue weighted by molar-refractivity contribution is 6.01. The lowest BCUT2D eigenvalue weighted by Gasteiger charge is -2.09. The molecule has 88 valence electrons. The van der Waals surface area contributed by atoms with Crippen LogP contribution in [0.5, 0.6) is 5.75 Å². The van der Waals surface area contributed by atoms with Gasteiger partial charge in [0.25, 0.3) is 0 Å². The van der Waals surface area contributed by atoms with Gasteiger partial charge in [0, 0.05) is 17.5 Å². The van der Waals surface area contributed by atoms with Gasteiger partial charge in [-0.3, -0.25) is 4.79 Å². The molecule has 0 aliphatic heterocycles. The molecular weight excluding hydrogens is 226 g/mol. The van der Waals surface area contributed by atoms with E-state index in [1.807, 2.05) is 18.2 Å². The molecule has 1 aliphatic carbocycles. The van der Waals surface area contributed by atoms with Crippen LogP contribution in [0.1, 0.15) is 28.8 Å². The Morgan fingerprint density at radius 1 is 1.31 bits per heavy atom. The number of benzene rings is 1. The van der Waals surface area contributed by atoms with Crippen molar-refractivity contribution in [3.8, 4) is 5.75 Å². The van der Waals surface area contributed by atoms with Crippen molar-refractivity contribution < 1.29 is 9.53 Å². The molecule has 1 aromatic rings. The number of carbonyl (C=O) groups excluding carboxylic acids is 1. The molecule has 2 rings (SSSR count). The normalized spacial score (nSPS) is 13.2. The standard InChI is InChI=1S/C12H15NO2.ClH/c13-7-2-8-15-12-4-1-3-9-10(12)5-6-11(9)14;/h1,3-4H,2,5-8,13H2;1H. The van der Waals surface area contributed by atoms with E-state index in [1.165, 1.54) is 0 Å². The second-order valence-corrected chi connectivity index (χ2v) is 3.70. The Hall–Kier alpha value is -1.06. The van der Waals surface area contributed by atoms with Crippen LogP contribution in [0.4, 0.5) is 0 Å². The number of nitrogens with two attached hydrogens (primary N) is 1. The fourth-order valence-electron chi connectivity index (χ4n) is 1.86. The van der Waals surface area contributed by atoms with Gasteiger partial charge in [0.05, 0.1) is 6.61 Å². The van der Waals surface area contributed by atoms with Crippen LogP contribution >= 0.6 is 12.4 Å². The van der Waals surface area contributed by atoms with E-state index in [9.17, 15) is 4.79 Å². The second kappa shape index (κ2) is 5.87. The molecule has 16 heavy (non-hydrogen) atoms. The predicted molar refractivity (Wildman–Crippen MR) is 65.5 cm³/mol. The molecule has 0 unspecified atom stereocenters. The molecule has 1 aliphatic rings. The Kier molecular flexibility index (Phi) is 4.77. The van der Waals surface area contributed by atoms with Crippen molar-refractivity contribution >= 4 is 18.2 Å². The van der Waals surface area contributed by atoms with Crippen molar-refractivity contribution in [2.75, 3.05) is 13.2 Å². The lowest BCUT2D eigenvalue weighted by Crippen LogP contribution is -2.07. The Labute approximate surface area is 101 Å². The van der Waals surface area contributed by atoms with E-state index in [4.69, 9.17) is 10.5 Å². The topological polar surface area (TPSA) is 52.3 Å². The summed E-state index contributed by atoms with van der Waals surface area (Å²) in [4.78, 5) is 11.5. The number of ether oxygens (including phenoxy) is 1. The number of halogens is 1. The highest BCUT2D eigenvalue weighted by atomic mass is 35.5. The zero-order valence-electron chi connectivity index (χ0n) is 9.07. The van der Waals surface area contributed by atoms with Gasteiger partial charge in [-0.15, -0.1) is 12.4 Å². The molecule has 0 saturated heterocycles. The minimum atomic E-state index is 0. The number of ketones is 1. The summed E-state index contributed by atoms with van der Waals surface area (Å²) >= 11 is 0. The zero-order valence-corrected chi connectivity index (χ0v) is 9.89. The Morgan fingerprint density at radius 2 is 2.12 bits per heavy atom. The molecule has 0 aromatic heterocycles. The summed E-state index contributed by atoms with van der Waals surface area (Å²) in [6.07, 6.45) is 2.27. The summed E-state index contributed by atoms with van der Waals surface area (Å²) in [7, 11) is 0. The number of hydrogen-bond acceptors (Lipinski definition) is 3. The Balaban J connectivity index is 0.00000128. The number of hydrogen-bond donors (Lipinski definition) is 1. The van der Waals surface area contributed by atoms with Gasteiger partial charge in [-0.2, -0.15) is 0 Å². The van der Waals surface area contributed by atoms with Gasteiger partial charge in [0.2, 0.25) is 0 Å². The van der Waals surface area contributed by atoms with Crippen molar-refractivity contribution in [1.82, 2.24) is 0 Å². The van der Waals surface area contributed by atoms with E-state index in [2.05, 4.69) is 0 Å². The van der Waals surface area contributed by atoms with Crippen molar-refractivity contribution in [2.45, 2.75) is 19.3 Å². The van der Waals surface area contributed by atoms with Crippen LogP contribution in [0.2, 0.25) is 0 Å². The smallest absolute Gasteiger partial charge is 0.163 e. The largest absolute Gasteiger partial charge is 0.493 e. The quantitative estimate of drug-likeness (QED) is 0.820. The maximum absolute atomic E-state index is 11.5. The number of carbonyl (C=O) groups is 1. The van der Waals surface area contributed by atoms with Crippen LogP contribution in [-0.2, 0) is 6.42 Å². The fourth-order valence-corrected chi connectivity index (χ4v) is 1.86. The average molecular weight is 242 g/mol. The van der Waals surface area contributed by atoms with Crippen LogP contribution in [0, 0.1) is 0 Å².